The fourth-order valence-corrected chi connectivity index (χ4v) is 10.6. The van der Waals surface area contributed by atoms with E-state index < -0.39 is 5.41 Å². The minimum absolute atomic E-state index is 0.507. The SMILES string of the molecule is c1ccc(-n2c3ccccc3c3cc(-c4nc(-c5cc6ccccc6s5)cc(-c5cccc6c5-c5ccccc5C6(c5ccccc5)c5ccccc5)n4)ccc32)cc1. The first-order chi connectivity index (χ1) is 29.3. The van der Waals surface area contributed by atoms with Gasteiger partial charge >= 0.3 is 0 Å². The number of thiophene rings is 1. The smallest absolute Gasteiger partial charge is 0.160 e. The number of aromatic nitrogens is 3. The van der Waals surface area contributed by atoms with Gasteiger partial charge in [-0.3, -0.25) is 0 Å². The minimum atomic E-state index is -0.507. The van der Waals surface area contributed by atoms with E-state index in [1.807, 2.05) is 0 Å². The zero-order valence-electron chi connectivity index (χ0n) is 32.0. The molecule has 0 saturated carbocycles. The zero-order valence-corrected chi connectivity index (χ0v) is 32.8. The Morgan fingerprint density at radius 3 is 1.86 bits per heavy atom. The van der Waals surface area contributed by atoms with E-state index in [1.54, 1.807) is 11.3 Å². The normalized spacial score (nSPS) is 12.9. The summed E-state index contributed by atoms with van der Waals surface area (Å²) in [5.74, 6) is 0.703. The van der Waals surface area contributed by atoms with Gasteiger partial charge in [0.25, 0.3) is 0 Å². The van der Waals surface area contributed by atoms with Crippen LogP contribution in [0.5, 0.6) is 0 Å². The second-order valence-corrected chi connectivity index (χ2v) is 16.4. The highest BCUT2D eigenvalue weighted by Gasteiger charge is 2.46. The Morgan fingerprint density at radius 1 is 0.441 bits per heavy atom. The van der Waals surface area contributed by atoms with Crippen molar-refractivity contribution in [1.82, 2.24) is 14.5 Å². The van der Waals surface area contributed by atoms with E-state index in [0.717, 1.165) is 38.6 Å². The number of rotatable bonds is 6. The fourth-order valence-electron chi connectivity index (χ4n) is 9.62. The maximum atomic E-state index is 5.54. The van der Waals surface area contributed by atoms with E-state index in [1.165, 1.54) is 59.8 Å². The van der Waals surface area contributed by atoms with Crippen molar-refractivity contribution in [2.24, 2.45) is 0 Å². The molecule has 0 saturated heterocycles. The molecule has 0 fully saturated rings. The van der Waals surface area contributed by atoms with Crippen molar-refractivity contribution >= 4 is 43.2 Å². The van der Waals surface area contributed by atoms with Gasteiger partial charge in [0.1, 0.15) is 0 Å². The first kappa shape index (κ1) is 33.7. The highest BCUT2D eigenvalue weighted by atomic mass is 32.1. The Morgan fingerprint density at radius 2 is 1.07 bits per heavy atom. The summed E-state index contributed by atoms with van der Waals surface area (Å²) in [6, 6.07) is 76.7. The van der Waals surface area contributed by atoms with Crippen LogP contribution in [0.3, 0.4) is 0 Å². The van der Waals surface area contributed by atoms with Crippen molar-refractivity contribution in [3.8, 4) is 50.0 Å². The molecule has 1 aliphatic rings. The Hall–Kier alpha value is -7.40. The van der Waals surface area contributed by atoms with Crippen LogP contribution >= 0.6 is 11.3 Å². The molecule has 3 aromatic heterocycles. The van der Waals surface area contributed by atoms with Crippen LogP contribution < -0.4 is 0 Å². The molecule has 3 heterocycles. The number of fused-ring (bicyclic) bond motifs is 7. The predicted octanol–water partition coefficient (Wildman–Crippen LogP) is 14.2. The number of benzene rings is 8. The van der Waals surface area contributed by atoms with Gasteiger partial charge in [-0.2, -0.15) is 0 Å². The summed E-state index contributed by atoms with van der Waals surface area (Å²) in [4.78, 5) is 12.1. The Balaban J connectivity index is 1.12. The van der Waals surface area contributed by atoms with Crippen LogP contribution in [0.15, 0.2) is 212 Å². The topological polar surface area (TPSA) is 30.7 Å². The largest absolute Gasteiger partial charge is 0.309 e. The molecule has 1 aliphatic carbocycles. The standard InChI is InChI=1S/C55H35N3S/c1-4-18-38(19-5-1)55(39-20-6-2-7-21-39)45-27-13-11-25-42(45)53-43(26-16-28-46(53)55)47-35-48(52-34-36-17-10-15-30-51(36)59-52)57-54(56-47)37-31-32-50-44(33-37)41-24-12-14-29-49(41)58(50)40-22-8-3-9-23-40/h1-35H. The van der Waals surface area contributed by atoms with Crippen molar-refractivity contribution in [2.45, 2.75) is 5.41 Å². The van der Waals surface area contributed by atoms with E-state index in [4.69, 9.17) is 9.97 Å². The quantitative estimate of drug-likeness (QED) is 0.169. The van der Waals surface area contributed by atoms with Crippen LogP contribution in [0.25, 0.3) is 81.9 Å². The summed E-state index contributed by atoms with van der Waals surface area (Å²) in [7, 11) is 0. The summed E-state index contributed by atoms with van der Waals surface area (Å²) >= 11 is 1.78. The molecule has 0 amide bonds. The lowest BCUT2D eigenvalue weighted by atomic mass is 9.67. The highest BCUT2D eigenvalue weighted by Crippen LogP contribution is 2.58. The lowest BCUT2D eigenvalue weighted by Crippen LogP contribution is -2.28. The molecule has 276 valence electrons. The highest BCUT2D eigenvalue weighted by molar-refractivity contribution is 7.22. The number of para-hydroxylation sites is 2. The Bertz CT molecular complexity index is 3310. The molecule has 0 radical (unpaired) electrons. The molecule has 0 atom stereocenters. The maximum Gasteiger partial charge on any atom is 0.160 e. The van der Waals surface area contributed by atoms with E-state index >= 15 is 0 Å². The van der Waals surface area contributed by atoms with Crippen LogP contribution in [0.4, 0.5) is 0 Å². The molecule has 59 heavy (non-hydrogen) atoms. The van der Waals surface area contributed by atoms with Crippen molar-refractivity contribution in [3.63, 3.8) is 0 Å². The van der Waals surface area contributed by atoms with Gasteiger partial charge in [-0.15, -0.1) is 11.3 Å². The molecule has 0 N–H and O–H groups in total. The van der Waals surface area contributed by atoms with Gasteiger partial charge in [-0.25, -0.2) is 9.97 Å². The molecule has 4 heteroatoms. The molecule has 3 nitrogen and oxygen atoms in total. The van der Waals surface area contributed by atoms with Crippen molar-refractivity contribution < 1.29 is 0 Å². The van der Waals surface area contributed by atoms with E-state index in [0.29, 0.717) is 5.82 Å². The van der Waals surface area contributed by atoms with Gasteiger partial charge in [0.2, 0.25) is 0 Å². The molecular formula is C55H35N3S. The van der Waals surface area contributed by atoms with Crippen LogP contribution in [-0.4, -0.2) is 14.5 Å². The van der Waals surface area contributed by atoms with Gasteiger partial charge in [0, 0.05) is 32.3 Å². The zero-order chi connectivity index (χ0) is 38.9. The lowest BCUT2D eigenvalue weighted by Gasteiger charge is -2.33. The Labute approximate surface area is 346 Å². The maximum absolute atomic E-state index is 5.54. The summed E-state index contributed by atoms with van der Waals surface area (Å²) < 4.78 is 3.59. The summed E-state index contributed by atoms with van der Waals surface area (Å²) in [6.45, 7) is 0. The third-order valence-electron chi connectivity index (χ3n) is 12.1. The van der Waals surface area contributed by atoms with Crippen molar-refractivity contribution in [1.29, 1.82) is 0 Å². The molecular weight excluding hydrogens is 735 g/mol. The van der Waals surface area contributed by atoms with Gasteiger partial charge in [0.15, 0.2) is 5.82 Å². The second kappa shape index (κ2) is 13.3. The number of hydrogen-bond donors (Lipinski definition) is 0. The lowest BCUT2D eigenvalue weighted by molar-refractivity contribution is 0.768. The molecule has 11 aromatic rings. The van der Waals surface area contributed by atoms with Crippen LogP contribution in [-0.2, 0) is 5.41 Å². The third-order valence-corrected chi connectivity index (χ3v) is 13.2. The minimum Gasteiger partial charge on any atom is -0.309 e. The molecule has 0 bridgehead atoms. The molecule has 12 rings (SSSR count). The fraction of sp³-hybridized carbons (Fsp3) is 0.0182. The van der Waals surface area contributed by atoms with Crippen molar-refractivity contribution in [3.05, 3.63) is 235 Å². The molecule has 0 aliphatic heterocycles. The van der Waals surface area contributed by atoms with Gasteiger partial charge < -0.3 is 4.57 Å². The number of nitrogens with zero attached hydrogens (tertiary/aromatic N) is 3. The van der Waals surface area contributed by atoms with Crippen LogP contribution in [0, 0.1) is 0 Å². The Kier molecular flexibility index (Phi) is 7.62. The first-order valence-electron chi connectivity index (χ1n) is 20.1. The average Bonchev–Trinajstić information content (AvgIpc) is 3.99. The van der Waals surface area contributed by atoms with E-state index in [2.05, 4.69) is 217 Å². The van der Waals surface area contributed by atoms with Gasteiger partial charge in [0.05, 0.1) is 32.7 Å². The summed E-state index contributed by atoms with van der Waals surface area (Å²) in [5, 5.41) is 3.59. The average molecular weight is 770 g/mol. The molecule has 8 aromatic carbocycles. The molecule has 0 unspecified atom stereocenters. The summed E-state index contributed by atoms with van der Waals surface area (Å²) in [6.07, 6.45) is 0. The van der Waals surface area contributed by atoms with E-state index in [9.17, 15) is 0 Å². The monoisotopic (exact) mass is 769 g/mol. The second-order valence-electron chi connectivity index (χ2n) is 15.3. The van der Waals surface area contributed by atoms with E-state index in [-0.39, 0.29) is 0 Å². The van der Waals surface area contributed by atoms with Crippen LogP contribution in [0.1, 0.15) is 22.3 Å². The number of hydrogen-bond acceptors (Lipinski definition) is 3. The van der Waals surface area contributed by atoms with Crippen molar-refractivity contribution in [2.75, 3.05) is 0 Å². The molecule has 0 spiro atoms. The van der Waals surface area contributed by atoms with Gasteiger partial charge in [-0.1, -0.05) is 158 Å². The first-order valence-corrected chi connectivity index (χ1v) is 20.9. The predicted molar refractivity (Wildman–Crippen MR) is 245 cm³/mol. The van der Waals surface area contributed by atoms with Gasteiger partial charge in [-0.05, 0) is 93.4 Å². The third kappa shape index (κ3) is 5.13. The van der Waals surface area contributed by atoms with Crippen LogP contribution in [0.2, 0.25) is 0 Å². The summed E-state index contributed by atoms with van der Waals surface area (Å²) in [5.41, 5.74) is 14.3.